The largest absolute Gasteiger partial charge is 0.490 e. The maximum absolute atomic E-state index is 13.0. The van der Waals surface area contributed by atoms with Crippen molar-refractivity contribution in [3.8, 4) is 0 Å². The van der Waals surface area contributed by atoms with E-state index in [9.17, 15) is 35.5 Å². The van der Waals surface area contributed by atoms with E-state index in [-0.39, 0.29) is 17.3 Å². The van der Waals surface area contributed by atoms with Crippen LogP contribution in [-0.2, 0) is 20.9 Å². The molecule has 0 saturated carbocycles. The van der Waals surface area contributed by atoms with Crippen LogP contribution in [0, 0.1) is 5.82 Å². The monoisotopic (exact) mass is 559 g/mol. The highest BCUT2D eigenvalue weighted by atomic mass is 19.4. The fourth-order valence-corrected chi connectivity index (χ4v) is 3.90. The summed E-state index contributed by atoms with van der Waals surface area (Å²) in [6.07, 6.45) is -6.67. The van der Waals surface area contributed by atoms with Crippen molar-refractivity contribution in [3.63, 3.8) is 0 Å². The van der Waals surface area contributed by atoms with E-state index in [1.807, 2.05) is 17.0 Å². The molecule has 214 valence electrons. The Hall–Kier alpha value is -3.20. The van der Waals surface area contributed by atoms with Crippen LogP contribution in [0.25, 0.3) is 0 Å². The lowest BCUT2D eigenvalue weighted by molar-refractivity contribution is -0.193. The third-order valence-electron chi connectivity index (χ3n) is 5.96. The van der Waals surface area contributed by atoms with Crippen LogP contribution in [0.5, 0.6) is 0 Å². The fourth-order valence-electron chi connectivity index (χ4n) is 3.90. The summed E-state index contributed by atoms with van der Waals surface area (Å²) in [5.74, 6) is -5.47. The Bertz CT molecular complexity index is 936. The molecule has 8 nitrogen and oxygen atoms in total. The third kappa shape index (κ3) is 9.59. The van der Waals surface area contributed by atoms with E-state index < -0.39 is 24.3 Å². The van der Waals surface area contributed by atoms with Crippen LogP contribution in [0.1, 0.15) is 18.4 Å². The molecule has 1 spiro atoms. The van der Waals surface area contributed by atoms with Gasteiger partial charge in [-0.05, 0) is 37.6 Å². The van der Waals surface area contributed by atoms with Gasteiger partial charge in [0.15, 0.2) is 0 Å². The minimum Gasteiger partial charge on any atom is -0.475 e. The van der Waals surface area contributed by atoms with Crippen LogP contribution in [0.3, 0.4) is 0 Å². The Morgan fingerprint density at radius 1 is 0.947 bits per heavy atom. The normalized spacial score (nSPS) is 18.1. The van der Waals surface area contributed by atoms with E-state index >= 15 is 0 Å². The lowest BCUT2D eigenvalue weighted by atomic mass is 9.82. The number of likely N-dealkylation sites (tertiary alicyclic amines) is 1. The number of carbonyl (C=O) groups is 3. The summed E-state index contributed by atoms with van der Waals surface area (Å²) in [7, 11) is 2.07. The zero-order chi connectivity index (χ0) is 29.3. The Morgan fingerprint density at radius 2 is 1.39 bits per heavy atom. The lowest BCUT2D eigenvalue weighted by Crippen LogP contribution is -2.67. The fraction of sp³-hybridized carbons (Fsp3) is 0.522. The first-order valence-corrected chi connectivity index (χ1v) is 11.1. The van der Waals surface area contributed by atoms with Gasteiger partial charge in [0.05, 0.1) is 0 Å². The van der Waals surface area contributed by atoms with E-state index in [1.54, 1.807) is 6.08 Å². The van der Waals surface area contributed by atoms with E-state index in [1.165, 1.54) is 12.1 Å². The molecule has 0 atom stereocenters. The zero-order valence-electron chi connectivity index (χ0n) is 20.4. The van der Waals surface area contributed by atoms with Crippen LogP contribution >= 0.6 is 0 Å². The van der Waals surface area contributed by atoms with Gasteiger partial charge in [-0.3, -0.25) is 14.6 Å². The summed E-state index contributed by atoms with van der Waals surface area (Å²) < 4.78 is 76.5. The number of carbonyl (C=O) groups excluding carboxylic acids is 1. The number of halogens is 7. The van der Waals surface area contributed by atoms with Crippen molar-refractivity contribution in [1.29, 1.82) is 0 Å². The molecule has 0 radical (unpaired) electrons. The molecule has 0 aliphatic carbocycles. The van der Waals surface area contributed by atoms with Crippen LogP contribution in [0.15, 0.2) is 36.9 Å². The first-order chi connectivity index (χ1) is 17.4. The number of hydrogen-bond donors (Lipinski definition) is 2. The summed E-state index contributed by atoms with van der Waals surface area (Å²) in [5, 5.41) is 14.2. The minimum absolute atomic E-state index is 0.201. The molecule has 2 saturated heterocycles. The maximum Gasteiger partial charge on any atom is 0.490 e. The van der Waals surface area contributed by atoms with Crippen molar-refractivity contribution in [2.45, 2.75) is 37.3 Å². The maximum atomic E-state index is 13.0. The number of piperidine rings is 1. The smallest absolute Gasteiger partial charge is 0.475 e. The van der Waals surface area contributed by atoms with Gasteiger partial charge in [-0.1, -0.05) is 18.2 Å². The van der Waals surface area contributed by atoms with Crippen LogP contribution < -0.4 is 0 Å². The average Bonchev–Trinajstić information content (AvgIpc) is 2.82. The molecule has 3 rings (SSSR count). The zero-order valence-corrected chi connectivity index (χ0v) is 20.4. The SMILES string of the molecule is C=CCN1CCN(C)C2(CCN(Cc3ccc(F)cc3)CC2)C1=O.O=C(O)C(F)(F)F.O=C(O)C(F)(F)F. The molecule has 15 heteroatoms. The van der Waals surface area contributed by atoms with Gasteiger partial charge in [-0.2, -0.15) is 26.3 Å². The molecule has 0 unspecified atom stereocenters. The van der Waals surface area contributed by atoms with Crippen molar-refractivity contribution in [2.75, 3.05) is 39.8 Å². The van der Waals surface area contributed by atoms with Crippen molar-refractivity contribution in [3.05, 3.63) is 48.3 Å². The van der Waals surface area contributed by atoms with E-state index in [0.29, 0.717) is 6.54 Å². The van der Waals surface area contributed by atoms with Gasteiger partial charge in [0.1, 0.15) is 11.4 Å². The van der Waals surface area contributed by atoms with Crippen LogP contribution in [0.2, 0.25) is 0 Å². The predicted molar refractivity (Wildman–Crippen MR) is 120 cm³/mol. The number of benzene rings is 1. The predicted octanol–water partition coefficient (Wildman–Crippen LogP) is 3.39. The van der Waals surface area contributed by atoms with Crippen molar-refractivity contribution in [2.24, 2.45) is 0 Å². The van der Waals surface area contributed by atoms with E-state index in [2.05, 4.69) is 23.4 Å². The van der Waals surface area contributed by atoms with Gasteiger partial charge in [0.25, 0.3) is 0 Å². The van der Waals surface area contributed by atoms with Crippen molar-refractivity contribution < 1.29 is 55.3 Å². The van der Waals surface area contributed by atoms with Crippen LogP contribution in [-0.4, -0.2) is 100 Å². The number of hydrogen-bond acceptors (Lipinski definition) is 5. The number of likely N-dealkylation sites (N-methyl/N-ethyl adjacent to an activating group) is 1. The van der Waals surface area contributed by atoms with Gasteiger partial charge < -0.3 is 15.1 Å². The third-order valence-corrected chi connectivity index (χ3v) is 5.96. The minimum atomic E-state index is -5.08. The Morgan fingerprint density at radius 3 is 1.79 bits per heavy atom. The number of nitrogens with zero attached hydrogens (tertiary/aromatic N) is 3. The van der Waals surface area contributed by atoms with Crippen LogP contribution in [0.4, 0.5) is 30.7 Å². The molecule has 2 fully saturated rings. The molecule has 1 amide bonds. The molecule has 2 N–H and O–H groups in total. The molecular formula is C23H28F7N3O5. The topological polar surface area (TPSA) is 101 Å². The first-order valence-electron chi connectivity index (χ1n) is 11.1. The summed E-state index contributed by atoms with van der Waals surface area (Å²) in [4.78, 5) is 37.3. The summed E-state index contributed by atoms with van der Waals surface area (Å²) in [6.45, 7) is 8.67. The number of aliphatic carboxylic acids is 2. The molecule has 2 aliphatic heterocycles. The highest BCUT2D eigenvalue weighted by Crippen LogP contribution is 2.33. The molecular weight excluding hydrogens is 531 g/mol. The number of amides is 1. The van der Waals surface area contributed by atoms with Crippen molar-refractivity contribution in [1.82, 2.24) is 14.7 Å². The Balaban J connectivity index is 0.000000426. The second kappa shape index (κ2) is 13.6. The van der Waals surface area contributed by atoms with Gasteiger partial charge in [0, 0.05) is 39.3 Å². The van der Waals surface area contributed by atoms with Gasteiger partial charge in [-0.15, -0.1) is 6.58 Å². The number of piperazine rings is 1. The second-order valence-corrected chi connectivity index (χ2v) is 8.50. The summed E-state index contributed by atoms with van der Waals surface area (Å²) >= 11 is 0. The second-order valence-electron chi connectivity index (χ2n) is 8.50. The molecule has 2 heterocycles. The Labute approximate surface area is 213 Å². The number of carboxylic acid groups (broad SMARTS) is 2. The molecule has 38 heavy (non-hydrogen) atoms. The van der Waals surface area contributed by atoms with E-state index in [0.717, 1.165) is 51.1 Å². The number of carboxylic acids is 2. The number of alkyl halides is 6. The highest BCUT2D eigenvalue weighted by molar-refractivity contribution is 5.87. The van der Waals surface area contributed by atoms with Gasteiger partial charge >= 0.3 is 24.3 Å². The number of rotatable bonds is 4. The van der Waals surface area contributed by atoms with E-state index in [4.69, 9.17) is 19.8 Å². The first kappa shape index (κ1) is 32.8. The molecule has 1 aromatic rings. The summed E-state index contributed by atoms with van der Waals surface area (Å²) in [6, 6.07) is 6.69. The quantitative estimate of drug-likeness (QED) is 0.431. The van der Waals surface area contributed by atoms with Gasteiger partial charge in [-0.25, -0.2) is 14.0 Å². The molecule has 1 aromatic carbocycles. The lowest BCUT2D eigenvalue weighted by Gasteiger charge is -2.51. The Kier molecular flexibility index (Phi) is 11.7. The standard InChI is InChI=1S/C19H26FN3O.2C2HF3O2/c1-3-10-23-14-13-21(2)19(18(23)24)8-11-22(12-9-19)15-16-4-6-17(20)7-5-16;2*3-2(4,5)1(6)7/h3-7H,1,8-15H2,2H3;2*(H,6,7). The van der Waals surface area contributed by atoms with Gasteiger partial charge in [0.2, 0.25) is 5.91 Å². The molecule has 2 aliphatic rings. The summed E-state index contributed by atoms with van der Waals surface area (Å²) in [5.41, 5.74) is 0.754. The average molecular weight is 559 g/mol. The highest BCUT2D eigenvalue weighted by Gasteiger charge is 2.48. The molecule has 0 bridgehead atoms. The molecule has 0 aromatic heterocycles. The van der Waals surface area contributed by atoms with Crippen molar-refractivity contribution >= 4 is 17.8 Å².